The average molecular weight is 247 g/mol. The zero-order valence-electron chi connectivity index (χ0n) is 10.1. The van der Waals surface area contributed by atoms with Gasteiger partial charge in [0, 0.05) is 12.4 Å². The Bertz CT molecular complexity index is 521. The summed E-state index contributed by atoms with van der Waals surface area (Å²) >= 11 is 0. The molecular formula is C12H13N3O3. The topological polar surface area (TPSA) is 94.1 Å². The van der Waals surface area contributed by atoms with Gasteiger partial charge in [0.05, 0.1) is 18.4 Å². The first-order valence-corrected chi connectivity index (χ1v) is 5.10. The van der Waals surface area contributed by atoms with Crippen LogP contribution < -0.4 is 5.73 Å². The highest BCUT2D eigenvalue weighted by Crippen LogP contribution is 2.23. The quantitative estimate of drug-likeness (QED) is 0.381. The molecule has 6 heteroatoms. The van der Waals surface area contributed by atoms with Crippen molar-refractivity contribution in [1.29, 1.82) is 0 Å². The number of hydrogen-bond acceptors (Lipinski definition) is 6. The maximum Gasteiger partial charge on any atom is 0.340 e. The van der Waals surface area contributed by atoms with Crippen LogP contribution in [0.25, 0.3) is 0 Å². The van der Waals surface area contributed by atoms with Gasteiger partial charge in [-0.05, 0) is 35.9 Å². The molecule has 1 aromatic rings. The molecule has 0 aromatic heterocycles. The largest absolute Gasteiger partial charge is 0.465 e. The minimum absolute atomic E-state index is 0.148. The van der Waals surface area contributed by atoms with Gasteiger partial charge in [-0.1, -0.05) is 0 Å². The Balaban J connectivity index is 2.97. The highest BCUT2D eigenvalue weighted by molar-refractivity contribution is 6.09. The third-order valence-corrected chi connectivity index (χ3v) is 2.23. The van der Waals surface area contributed by atoms with Crippen LogP contribution in [-0.2, 0) is 9.53 Å². The fraction of sp³-hybridized carbons (Fsp3) is 0.167. The smallest absolute Gasteiger partial charge is 0.340 e. The van der Waals surface area contributed by atoms with Crippen LogP contribution in [0.5, 0.6) is 0 Å². The van der Waals surface area contributed by atoms with Crippen molar-refractivity contribution in [2.45, 2.75) is 6.92 Å². The van der Waals surface area contributed by atoms with Crippen LogP contribution in [0.3, 0.4) is 0 Å². The summed E-state index contributed by atoms with van der Waals surface area (Å²) < 4.78 is 4.52. The number of benzene rings is 1. The molecule has 0 aliphatic rings. The van der Waals surface area contributed by atoms with E-state index in [2.05, 4.69) is 14.9 Å². The number of rotatable bonds is 4. The lowest BCUT2D eigenvalue weighted by Crippen LogP contribution is -2.07. The monoisotopic (exact) mass is 247 g/mol. The molecule has 0 aliphatic carbocycles. The maximum atomic E-state index is 11.2. The third kappa shape index (κ3) is 3.24. The second kappa shape index (κ2) is 6.29. The fourth-order valence-corrected chi connectivity index (χ4v) is 1.26. The summed E-state index contributed by atoms with van der Waals surface area (Å²) in [5, 5.41) is 2.82. The van der Waals surface area contributed by atoms with E-state index in [9.17, 15) is 9.70 Å². The van der Waals surface area contributed by atoms with Crippen LogP contribution >= 0.6 is 0 Å². The first kappa shape index (κ1) is 13.6. The molecule has 0 heterocycles. The minimum Gasteiger partial charge on any atom is -0.465 e. The highest BCUT2D eigenvalue weighted by atomic mass is 16.5. The zero-order chi connectivity index (χ0) is 13.5. The summed E-state index contributed by atoms with van der Waals surface area (Å²) in [7, 11) is 1.26. The average Bonchev–Trinajstić information content (AvgIpc) is 2.40. The van der Waals surface area contributed by atoms with Crippen molar-refractivity contribution in [3.63, 3.8) is 0 Å². The summed E-state index contributed by atoms with van der Waals surface area (Å²) in [6, 6.07) is 4.77. The summed E-state index contributed by atoms with van der Waals surface area (Å²) in [5.41, 5.74) is 7.15. The van der Waals surface area contributed by atoms with E-state index in [0.717, 1.165) is 11.8 Å². The van der Waals surface area contributed by atoms with Crippen molar-refractivity contribution in [1.82, 2.24) is 0 Å². The van der Waals surface area contributed by atoms with Gasteiger partial charge in [-0.25, -0.2) is 4.79 Å². The Morgan fingerprint density at radius 1 is 1.44 bits per heavy atom. The van der Waals surface area contributed by atoms with Crippen molar-refractivity contribution in [2.75, 3.05) is 7.11 Å². The van der Waals surface area contributed by atoms with Crippen LogP contribution in [0.1, 0.15) is 5.56 Å². The van der Waals surface area contributed by atoms with Crippen LogP contribution in [0, 0.1) is 11.8 Å². The second-order valence-electron chi connectivity index (χ2n) is 3.43. The first-order chi connectivity index (χ1) is 8.62. The Morgan fingerprint density at radius 2 is 2.17 bits per heavy atom. The van der Waals surface area contributed by atoms with Crippen molar-refractivity contribution in [2.24, 2.45) is 15.9 Å². The summed E-state index contributed by atoms with van der Waals surface area (Å²) in [4.78, 5) is 25.7. The summed E-state index contributed by atoms with van der Waals surface area (Å²) in [5.74, 6) is -0.565. The maximum absolute atomic E-state index is 11.2. The van der Waals surface area contributed by atoms with Crippen LogP contribution in [0.15, 0.2) is 40.1 Å². The molecule has 0 unspecified atom stereocenters. The molecule has 0 saturated carbocycles. The molecule has 0 amide bonds. The molecule has 2 N–H and O–H groups in total. The van der Waals surface area contributed by atoms with E-state index in [1.807, 2.05) is 0 Å². The molecule has 18 heavy (non-hydrogen) atoms. The van der Waals surface area contributed by atoms with Crippen molar-refractivity contribution in [3.8, 4) is 0 Å². The van der Waals surface area contributed by atoms with E-state index in [-0.39, 0.29) is 5.57 Å². The van der Waals surface area contributed by atoms with Crippen LogP contribution in [0.4, 0.5) is 11.4 Å². The fourth-order valence-electron chi connectivity index (χ4n) is 1.26. The van der Waals surface area contributed by atoms with Crippen LogP contribution in [0.2, 0.25) is 0 Å². The van der Waals surface area contributed by atoms with Gasteiger partial charge in [0.15, 0.2) is 0 Å². The van der Waals surface area contributed by atoms with Gasteiger partial charge in [-0.3, -0.25) is 4.99 Å². The van der Waals surface area contributed by atoms with Crippen molar-refractivity contribution in [3.05, 3.63) is 40.4 Å². The van der Waals surface area contributed by atoms with Gasteiger partial charge in [0.1, 0.15) is 5.69 Å². The van der Waals surface area contributed by atoms with E-state index in [1.165, 1.54) is 19.4 Å². The molecule has 0 atom stereocenters. The molecule has 0 bridgehead atoms. The number of ether oxygens (including phenoxy) is 1. The Labute approximate surface area is 104 Å². The minimum atomic E-state index is -0.565. The lowest BCUT2D eigenvalue weighted by atomic mass is 10.2. The Kier molecular flexibility index (Phi) is 4.74. The van der Waals surface area contributed by atoms with E-state index >= 15 is 0 Å². The number of methoxy groups -OCH3 is 1. The number of aliphatic imine (C=N–C) groups is 1. The lowest BCUT2D eigenvalue weighted by Gasteiger charge is -2.01. The number of aryl methyl sites for hydroxylation is 1. The summed E-state index contributed by atoms with van der Waals surface area (Å²) in [6.45, 7) is 1.78. The Hall–Kier alpha value is -2.50. The number of esters is 1. The number of hydrogen-bond donors (Lipinski definition) is 1. The SMILES string of the molecule is COC(=O)/C(C=Nc1ccc(N=O)cc1C)=C/N. The van der Waals surface area contributed by atoms with E-state index in [0.29, 0.717) is 11.4 Å². The molecule has 94 valence electrons. The predicted octanol–water partition coefficient (Wildman–Crippen LogP) is 2.11. The Morgan fingerprint density at radius 3 is 2.67 bits per heavy atom. The number of carbonyl (C=O) groups is 1. The van der Waals surface area contributed by atoms with Gasteiger partial charge in [0.25, 0.3) is 0 Å². The molecule has 0 fully saturated rings. The van der Waals surface area contributed by atoms with Crippen LogP contribution in [-0.4, -0.2) is 19.3 Å². The second-order valence-corrected chi connectivity index (χ2v) is 3.43. The normalized spacial score (nSPS) is 11.6. The third-order valence-electron chi connectivity index (χ3n) is 2.23. The number of carbonyl (C=O) groups excluding carboxylic acids is 1. The van der Waals surface area contributed by atoms with E-state index < -0.39 is 5.97 Å². The van der Waals surface area contributed by atoms with E-state index in [1.54, 1.807) is 19.1 Å². The van der Waals surface area contributed by atoms with Gasteiger partial charge < -0.3 is 10.5 Å². The number of nitroso groups, excluding NO2 is 1. The van der Waals surface area contributed by atoms with Gasteiger partial charge in [-0.15, -0.1) is 4.91 Å². The zero-order valence-corrected chi connectivity index (χ0v) is 10.1. The first-order valence-electron chi connectivity index (χ1n) is 5.10. The van der Waals surface area contributed by atoms with Crippen molar-refractivity contribution >= 4 is 23.6 Å². The van der Waals surface area contributed by atoms with Gasteiger partial charge in [0.2, 0.25) is 0 Å². The van der Waals surface area contributed by atoms with Crippen molar-refractivity contribution < 1.29 is 9.53 Å². The molecule has 1 aromatic carbocycles. The molecule has 1 rings (SSSR count). The molecule has 0 spiro atoms. The molecule has 6 nitrogen and oxygen atoms in total. The molecule has 0 saturated heterocycles. The predicted molar refractivity (Wildman–Crippen MR) is 69.1 cm³/mol. The molecular weight excluding hydrogens is 234 g/mol. The summed E-state index contributed by atoms with van der Waals surface area (Å²) in [6.07, 6.45) is 2.42. The number of nitrogens with zero attached hydrogens (tertiary/aromatic N) is 2. The standard InChI is InChI=1S/C12H13N3O3/c1-8-5-10(15-17)3-4-11(8)14-7-9(6-13)12(16)18-2/h3-7H,13H2,1-2H3/b9-6+,14-7?. The molecule has 0 radical (unpaired) electrons. The highest BCUT2D eigenvalue weighted by Gasteiger charge is 2.06. The van der Waals surface area contributed by atoms with Gasteiger partial charge >= 0.3 is 5.97 Å². The van der Waals surface area contributed by atoms with Gasteiger partial charge in [-0.2, -0.15) is 0 Å². The lowest BCUT2D eigenvalue weighted by molar-refractivity contribution is -0.135. The van der Waals surface area contributed by atoms with E-state index in [4.69, 9.17) is 5.73 Å². The number of nitrogens with two attached hydrogens (primary N) is 1. The molecule has 0 aliphatic heterocycles.